The number of hydrogen-bond donors (Lipinski definition) is 5. The van der Waals surface area contributed by atoms with Gasteiger partial charge in [0.05, 0.1) is 12.2 Å². The summed E-state index contributed by atoms with van der Waals surface area (Å²) in [6.45, 7) is 7.95. The Kier molecular flexibility index (Phi) is 11.9. The largest absolute Gasteiger partial charge is 0.381 e. The zero-order valence-electron chi connectivity index (χ0n) is 29.5. The molecule has 0 aromatic carbocycles. The monoisotopic (exact) mass is 681 g/mol. The van der Waals surface area contributed by atoms with Gasteiger partial charge < -0.3 is 31.3 Å². The number of nitrogens with one attached hydrogen (secondary N) is 4. The van der Waals surface area contributed by atoms with Crippen molar-refractivity contribution in [2.45, 2.75) is 141 Å². The Morgan fingerprint density at radius 3 is 2.29 bits per heavy atom. The summed E-state index contributed by atoms with van der Waals surface area (Å²) in [4.78, 5) is 78.5. The van der Waals surface area contributed by atoms with Crippen LogP contribution in [0.5, 0.6) is 0 Å². The SMILES string of the molecule is CCCC(NC(=O)[C@@H]1[C@H]2CCC[C@H]2CN1C(=O)C(NC(=O)C(NC(=O)c1cnccn1)C1CCCCC1)C(C)(C)C)C(O)C(=O)NC1CC1. The Labute approximate surface area is 289 Å². The molecule has 1 aromatic heterocycles. The standard InChI is InChI=1S/C36H55N7O6/c1-5-10-25(29(44)34(48)39-23-15-16-23)40-33(47)28-24-14-9-13-22(24)20-43(28)35(49)30(36(2,3)4)42-32(46)27(21-11-7-6-8-12-21)41-31(45)26-19-37-17-18-38-26/h17-19,21-25,27-30,44H,5-16,20H2,1-4H3,(H,39,48)(H,40,47)(H,41,45)(H,42,46)/t22-,24-,25?,27?,28-,29?,30?/m0/s1. The van der Waals surface area contributed by atoms with E-state index in [1.165, 1.54) is 18.6 Å². The molecule has 270 valence electrons. The minimum absolute atomic E-state index is 0.0544. The number of nitrogens with zero attached hydrogens (tertiary/aromatic N) is 3. The highest BCUT2D eigenvalue weighted by Crippen LogP contribution is 2.43. The molecule has 0 spiro atoms. The van der Waals surface area contributed by atoms with E-state index in [0.717, 1.165) is 64.2 Å². The first-order chi connectivity index (χ1) is 23.4. The molecule has 5 amide bonds. The number of carbonyl (C=O) groups excluding carboxylic acids is 5. The fourth-order valence-electron chi connectivity index (χ4n) is 8.00. The van der Waals surface area contributed by atoms with E-state index >= 15 is 0 Å². The van der Waals surface area contributed by atoms with Gasteiger partial charge in [-0.2, -0.15) is 0 Å². The third-order valence-electron chi connectivity index (χ3n) is 10.8. The van der Waals surface area contributed by atoms with Crippen molar-refractivity contribution in [3.05, 3.63) is 24.3 Å². The summed E-state index contributed by atoms with van der Waals surface area (Å²) in [5.74, 6) is -2.18. The molecule has 3 aliphatic carbocycles. The maximum absolute atomic E-state index is 14.6. The third-order valence-corrected chi connectivity index (χ3v) is 10.8. The molecule has 49 heavy (non-hydrogen) atoms. The molecule has 5 rings (SSSR count). The van der Waals surface area contributed by atoms with Gasteiger partial charge in [-0.15, -0.1) is 0 Å². The second-order valence-electron chi connectivity index (χ2n) is 15.7. The highest BCUT2D eigenvalue weighted by atomic mass is 16.3. The van der Waals surface area contributed by atoms with Crippen LogP contribution in [-0.4, -0.2) is 92.4 Å². The predicted molar refractivity (Wildman–Crippen MR) is 182 cm³/mol. The first-order valence-corrected chi connectivity index (χ1v) is 18.4. The van der Waals surface area contributed by atoms with E-state index < -0.39 is 53.4 Å². The summed E-state index contributed by atoms with van der Waals surface area (Å²) in [5.41, 5.74) is -0.618. The van der Waals surface area contributed by atoms with Crippen LogP contribution in [0.1, 0.15) is 115 Å². The predicted octanol–water partition coefficient (Wildman–Crippen LogP) is 2.24. The summed E-state index contributed by atoms with van der Waals surface area (Å²) in [6.07, 6.45) is 12.8. The number of aromatic nitrogens is 2. The van der Waals surface area contributed by atoms with Crippen LogP contribution >= 0.6 is 0 Å². The molecule has 2 heterocycles. The lowest BCUT2D eigenvalue weighted by Gasteiger charge is -2.38. The second kappa shape index (κ2) is 15.9. The van der Waals surface area contributed by atoms with E-state index in [4.69, 9.17) is 0 Å². The first-order valence-electron chi connectivity index (χ1n) is 18.4. The number of aliphatic hydroxyl groups is 1. The normalized spacial score (nSPS) is 25.0. The fourth-order valence-corrected chi connectivity index (χ4v) is 8.00. The van der Waals surface area contributed by atoms with Crippen molar-refractivity contribution in [2.75, 3.05) is 6.54 Å². The van der Waals surface area contributed by atoms with Crippen LogP contribution in [0.15, 0.2) is 18.6 Å². The van der Waals surface area contributed by atoms with Gasteiger partial charge in [0.15, 0.2) is 6.10 Å². The molecule has 1 aromatic rings. The molecule has 1 aliphatic heterocycles. The quantitative estimate of drug-likeness (QED) is 0.210. The highest BCUT2D eigenvalue weighted by Gasteiger charge is 2.52. The lowest BCUT2D eigenvalue weighted by molar-refractivity contribution is -0.146. The first kappa shape index (κ1) is 36.7. The molecule has 3 saturated carbocycles. The average molecular weight is 682 g/mol. The Balaban J connectivity index is 1.35. The van der Waals surface area contributed by atoms with E-state index in [0.29, 0.717) is 19.4 Å². The number of likely N-dealkylation sites (tertiary alicyclic amines) is 1. The van der Waals surface area contributed by atoms with Gasteiger partial charge in [-0.25, -0.2) is 4.98 Å². The van der Waals surface area contributed by atoms with Crippen LogP contribution in [0.3, 0.4) is 0 Å². The Hall–Kier alpha value is -3.61. The van der Waals surface area contributed by atoms with Crippen molar-refractivity contribution < 1.29 is 29.1 Å². The minimum atomic E-state index is -1.40. The van der Waals surface area contributed by atoms with E-state index in [2.05, 4.69) is 31.2 Å². The van der Waals surface area contributed by atoms with E-state index in [9.17, 15) is 29.1 Å². The third kappa shape index (κ3) is 8.95. The van der Waals surface area contributed by atoms with Gasteiger partial charge >= 0.3 is 0 Å². The zero-order valence-corrected chi connectivity index (χ0v) is 29.5. The minimum Gasteiger partial charge on any atom is -0.381 e. The van der Waals surface area contributed by atoms with E-state index in [-0.39, 0.29) is 41.3 Å². The molecule has 7 atom stereocenters. The number of fused-ring (bicyclic) bond motifs is 1. The smallest absolute Gasteiger partial charge is 0.272 e. The van der Waals surface area contributed by atoms with Crippen molar-refractivity contribution in [3.63, 3.8) is 0 Å². The van der Waals surface area contributed by atoms with Crippen LogP contribution in [0.25, 0.3) is 0 Å². The van der Waals surface area contributed by atoms with Crippen LogP contribution in [-0.2, 0) is 19.2 Å². The highest BCUT2D eigenvalue weighted by molar-refractivity contribution is 5.98. The van der Waals surface area contributed by atoms with E-state index in [1.54, 1.807) is 4.90 Å². The molecular weight excluding hydrogens is 626 g/mol. The van der Waals surface area contributed by atoms with Gasteiger partial charge in [0.25, 0.3) is 11.8 Å². The van der Waals surface area contributed by atoms with Gasteiger partial charge in [0.2, 0.25) is 17.7 Å². The van der Waals surface area contributed by atoms with Gasteiger partial charge in [0, 0.05) is 25.0 Å². The van der Waals surface area contributed by atoms with Crippen molar-refractivity contribution >= 4 is 29.5 Å². The van der Waals surface area contributed by atoms with Crippen molar-refractivity contribution in [3.8, 4) is 0 Å². The molecule has 4 unspecified atom stereocenters. The molecule has 0 radical (unpaired) electrons. The molecule has 4 fully saturated rings. The lowest BCUT2D eigenvalue weighted by Crippen LogP contribution is -2.62. The Morgan fingerprint density at radius 2 is 1.65 bits per heavy atom. The number of rotatable bonds is 13. The maximum Gasteiger partial charge on any atom is 0.272 e. The topological polar surface area (TPSA) is 183 Å². The number of amides is 5. The fraction of sp³-hybridized carbons (Fsp3) is 0.750. The molecule has 13 nitrogen and oxygen atoms in total. The van der Waals surface area contributed by atoms with Crippen molar-refractivity contribution in [1.82, 2.24) is 36.1 Å². The van der Waals surface area contributed by atoms with Crippen LogP contribution in [0.4, 0.5) is 0 Å². The van der Waals surface area contributed by atoms with Crippen LogP contribution in [0.2, 0.25) is 0 Å². The number of carbonyl (C=O) groups is 5. The average Bonchev–Trinajstić information content (AvgIpc) is 3.65. The number of hydrogen-bond acceptors (Lipinski definition) is 8. The van der Waals surface area contributed by atoms with Crippen LogP contribution in [0, 0.1) is 23.2 Å². The van der Waals surface area contributed by atoms with Crippen LogP contribution < -0.4 is 21.3 Å². The van der Waals surface area contributed by atoms with Gasteiger partial charge in [-0.1, -0.05) is 59.8 Å². The van der Waals surface area contributed by atoms with Gasteiger partial charge in [-0.05, 0) is 68.1 Å². The van der Waals surface area contributed by atoms with E-state index in [1.807, 2.05) is 27.7 Å². The summed E-state index contributed by atoms with van der Waals surface area (Å²) < 4.78 is 0. The van der Waals surface area contributed by atoms with Crippen molar-refractivity contribution in [2.24, 2.45) is 23.2 Å². The summed E-state index contributed by atoms with van der Waals surface area (Å²) in [5, 5.41) is 22.6. The van der Waals surface area contributed by atoms with Crippen molar-refractivity contribution in [1.29, 1.82) is 0 Å². The van der Waals surface area contributed by atoms with Gasteiger partial charge in [-0.3, -0.25) is 29.0 Å². The van der Waals surface area contributed by atoms with Gasteiger partial charge in [0.1, 0.15) is 23.8 Å². The molecule has 1 saturated heterocycles. The molecule has 4 aliphatic rings. The Bertz CT molecular complexity index is 1340. The summed E-state index contributed by atoms with van der Waals surface area (Å²) >= 11 is 0. The zero-order chi connectivity index (χ0) is 35.3. The molecular formula is C36H55N7O6. The molecule has 13 heteroatoms. The molecule has 0 bridgehead atoms. The number of aliphatic hydroxyl groups excluding tert-OH is 1. The maximum atomic E-state index is 14.6. The lowest BCUT2D eigenvalue weighted by atomic mass is 9.82. The molecule has 5 N–H and O–H groups in total. The Morgan fingerprint density at radius 1 is 0.918 bits per heavy atom. The summed E-state index contributed by atoms with van der Waals surface area (Å²) in [6, 6.07) is -3.35. The second-order valence-corrected chi connectivity index (χ2v) is 15.7. The summed E-state index contributed by atoms with van der Waals surface area (Å²) in [7, 11) is 0.